The number of rotatable bonds is 6. The van der Waals surface area contributed by atoms with Gasteiger partial charge in [0.2, 0.25) is 0 Å². The SMILES string of the molecule is CCCCCCC(C)(C)C(C)=O. The van der Waals surface area contributed by atoms with Crippen LogP contribution in [0.5, 0.6) is 0 Å². The Morgan fingerprint density at radius 3 is 2.17 bits per heavy atom. The second-order valence-corrected chi connectivity index (χ2v) is 4.25. The average molecular weight is 170 g/mol. The molecule has 0 radical (unpaired) electrons. The predicted octanol–water partition coefficient (Wildman–Crippen LogP) is 3.57. The summed E-state index contributed by atoms with van der Waals surface area (Å²) in [5.74, 6) is 0.319. The molecule has 0 saturated carbocycles. The molecule has 1 heteroatoms. The largest absolute Gasteiger partial charge is 0.299 e. The lowest BCUT2D eigenvalue weighted by molar-refractivity contribution is -0.125. The molecular weight excluding hydrogens is 148 g/mol. The predicted molar refractivity (Wildman–Crippen MR) is 53.2 cm³/mol. The van der Waals surface area contributed by atoms with E-state index in [1.165, 1.54) is 25.7 Å². The van der Waals surface area contributed by atoms with Gasteiger partial charge in [-0.05, 0) is 13.3 Å². The van der Waals surface area contributed by atoms with Gasteiger partial charge in [0.15, 0.2) is 0 Å². The molecule has 0 bridgehead atoms. The van der Waals surface area contributed by atoms with Crippen LogP contribution >= 0.6 is 0 Å². The number of hydrogen-bond acceptors (Lipinski definition) is 1. The van der Waals surface area contributed by atoms with Gasteiger partial charge in [-0.3, -0.25) is 4.79 Å². The maximum absolute atomic E-state index is 11.1. The number of ketones is 1. The van der Waals surface area contributed by atoms with Crippen molar-refractivity contribution in [2.45, 2.75) is 59.8 Å². The third-order valence-corrected chi connectivity index (χ3v) is 2.61. The van der Waals surface area contributed by atoms with Crippen molar-refractivity contribution in [2.24, 2.45) is 5.41 Å². The Kier molecular flexibility index (Phi) is 5.19. The zero-order valence-corrected chi connectivity index (χ0v) is 8.94. The molecular formula is C11H22O. The average Bonchev–Trinajstić information content (AvgIpc) is 1.98. The van der Waals surface area contributed by atoms with Crippen LogP contribution in [0.15, 0.2) is 0 Å². The van der Waals surface area contributed by atoms with Crippen LogP contribution in [-0.2, 0) is 4.79 Å². The molecule has 0 aromatic rings. The zero-order chi connectivity index (χ0) is 9.61. The van der Waals surface area contributed by atoms with Gasteiger partial charge in [0.25, 0.3) is 0 Å². The third-order valence-electron chi connectivity index (χ3n) is 2.61. The van der Waals surface area contributed by atoms with Gasteiger partial charge in [0.05, 0.1) is 0 Å². The van der Waals surface area contributed by atoms with E-state index in [0.29, 0.717) is 5.78 Å². The van der Waals surface area contributed by atoms with Crippen molar-refractivity contribution < 1.29 is 4.79 Å². The molecule has 0 unspecified atom stereocenters. The summed E-state index contributed by atoms with van der Waals surface area (Å²) in [6, 6.07) is 0. The van der Waals surface area contributed by atoms with Crippen LogP contribution < -0.4 is 0 Å². The molecule has 12 heavy (non-hydrogen) atoms. The number of carbonyl (C=O) groups excluding carboxylic acids is 1. The van der Waals surface area contributed by atoms with Gasteiger partial charge in [0, 0.05) is 5.41 Å². The molecule has 0 aliphatic carbocycles. The lowest BCUT2D eigenvalue weighted by Crippen LogP contribution is -2.20. The summed E-state index contributed by atoms with van der Waals surface area (Å²) < 4.78 is 0. The second kappa shape index (κ2) is 5.34. The number of carbonyl (C=O) groups is 1. The van der Waals surface area contributed by atoms with Crippen molar-refractivity contribution >= 4 is 5.78 Å². The number of unbranched alkanes of at least 4 members (excludes halogenated alkanes) is 3. The Labute approximate surface area is 76.6 Å². The van der Waals surface area contributed by atoms with Gasteiger partial charge in [-0.25, -0.2) is 0 Å². The fourth-order valence-electron chi connectivity index (χ4n) is 1.17. The molecule has 0 aromatic carbocycles. The quantitative estimate of drug-likeness (QED) is 0.557. The third kappa shape index (κ3) is 4.53. The van der Waals surface area contributed by atoms with Crippen LogP contribution in [-0.4, -0.2) is 5.78 Å². The zero-order valence-electron chi connectivity index (χ0n) is 8.94. The second-order valence-electron chi connectivity index (χ2n) is 4.25. The van der Waals surface area contributed by atoms with Gasteiger partial charge in [-0.15, -0.1) is 0 Å². The van der Waals surface area contributed by atoms with E-state index in [2.05, 4.69) is 6.92 Å². The van der Waals surface area contributed by atoms with Crippen molar-refractivity contribution in [3.05, 3.63) is 0 Å². The van der Waals surface area contributed by atoms with Gasteiger partial charge >= 0.3 is 0 Å². The molecule has 0 amide bonds. The molecule has 0 spiro atoms. The molecule has 1 nitrogen and oxygen atoms in total. The van der Waals surface area contributed by atoms with Gasteiger partial charge in [-0.1, -0.05) is 46.5 Å². The fourth-order valence-corrected chi connectivity index (χ4v) is 1.17. The molecule has 0 saturated heterocycles. The fraction of sp³-hybridized carbons (Fsp3) is 0.909. The van der Waals surface area contributed by atoms with Crippen LogP contribution in [0, 0.1) is 5.41 Å². The summed E-state index contributed by atoms with van der Waals surface area (Å²) in [7, 11) is 0. The van der Waals surface area contributed by atoms with Crippen molar-refractivity contribution in [3.8, 4) is 0 Å². The molecule has 0 atom stereocenters. The number of hydrogen-bond donors (Lipinski definition) is 0. The monoisotopic (exact) mass is 170 g/mol. The minimum Gasteiger partial charge on any atom is -0.299 e. The highest BCUT2D eigenvalue weighted by molar-refractivity contribution is 5.81. The van der Waals surface area contributed by atoms with Crippen LogP contribution in [0.1, 0.15) is 59.8 Å². The van der Waals surface area contributed by atoms with E-state index in [1.54, 1.807) is 6.92 Å². The maximum Gasteiger partial charge on any atom is 0.135 e. The summed E-state index contributed by atoms with van der Waals surface area (Å²) in [5, 5.41) is 0. The number of Topliss-reactive ketones (excluding diaryl/α,β-unsaturated/α-hetero) is 1. The summed E-state index contributed by atoms with van der Waals surface area (Å²) in [6.45, 7) is 7.98. The first-order valence-electron chi connectivity index (χ1n) is 5.01. The normalized spacial score (nSPS) is 11.7. The molecule has 0 rings (SSSR count). The van der Waals surface area contributed by atoms with Crippen molar-refractivity contribution in [1.29, 1.82) is 0 Å². The van der Waals surface area contributed by atoms with Crippen LogP contribution in [0.2, 0.25) is 0 Å². The molecule has 0 N–H and O–H groups in total. The minimum absolute atomic E-state index is 0.0895. The Balaban J connectivity index is 3.54. The molecule has 0 fully saturated rings. The first-order valence-corrected chi connectivity index (χ1v) is 5.01. The summed E-state index contributed by atoms with van der Waals surface area (Å²) in [5.41, 5.74) is -0.0895. The van der Waals surface area contributed by atoms with E-state index in [0.717, 1.165) is 6.42 Å². The molecule has 72 valence electrons. The highest BCUT2D eigenvalue weighted by Crippen LogP contribution is 2.24. The van der Waals surface area contributed by atoms with E-state index in [1.807, 2.05) is 13.8 Å². The van der Waals surface area contributed by atoms with Gasteiger partial charge in [0.1, 0.15) is 5.78 Å². The smallest absolute Gasteiger partial charge is 0.135 e. The lowest BCUT2D eigenvalue weighted by Gasteiger charge is -2.20. The van der Waals surface area contributed by atoms with Gasteiger partial charge < -0.3 is 0 Å². The standard InChI is InChI=1S/C11H22O/c1-5-6-7-8-9-11(3,4)10(2)12/h5-9H2,1-4H3. The van der Waals surface area contributed by atoms with Crippen molar-refractivity contribution in [1.82, 2.24) is 0 Å². The topological polar surface area (TPSA) is 17.1 Å². The Hall–Kier alpha value is -0.330. The maximum atomic E-state index is 11.1. The Morgan fingerprint density at radius 1 is 1.17 bits per heavy atom. The van der Waals surface area contributed by atoms with Crippen LogP contribution in [0.4, 0.5) is 0 Å². The first-order chi connectivity index (χ1) is 5.50. The van der Waals surface area contributed by atoms with Crippen molar-refractivity contribution in [2.75, 3.05) is 0 Å². The lowest BCUT2D eigenvalue weighted by atomic mass is 9.83. The van der Waals surface area contributed by atoms with Crippen LogP contribution in [0.25, 0.3) is 0 Å². The Morgan fingerprint density at radius 2 is 1.75 bits per heavy atom. The first kappa shape index (κ1) is 11.7. The molecule has 0 aromatic heterocycles. The van der Waals surface area contributed by atoms with E-state index in [4.69, 9.17) is 0 Å². The van der Waals surface area contributed by atoms with Gasteiger partial charge in [-0.2, -0.15) is 0 Å². The summed E-state index contributed by atoms with van der Waals surface area (Å²) in [4.78, 5) is 11.1. The van der Waals surface area contributed by atoms with E-state index < -0.39 is 0 Å². The molecule has 0 aliphatic heterocycles. The molecule has 0 aliphatic rings. The molecule has 0 heterocycles. The van der Waals surface area contributed by atoms with E-state index >= 15 is 0 Å². The minimum atomic E-state index is -0.0895. The van der Waals surface area contributed by atoms with Crippen molar-refractivity contribution in [3.63, 3.8) is 0 Å². The van der Waals surface area contributed by atoms with E-state index in [-0.39, 0.29) is 5.41 Å². The highest BCUT2D eigenvalue weighted by Gasteiger charge is 2.22. The summed E-state index contributed by atoms with van der Waals surface area (Å²) >= 11 is 0. The van der Waals surface area contributed by atoms with Crippen LogP contribution in [0.3, 0.4) is 0 Å². The van der Waals surface area contributed by atoms with E-state index in [9.17, 15) is 4.79 Å². The highest BCUT2D eigenvalue weighted by atomic mass is 16.1. The Bertz CT molecular complexity index is 136. The summed E-state index contributed by atoms with van der Waals surface area (Å²) in [6.07, 6.45) is 6.07.